The van der Waals surface area contributed by atoms with E-state index >= 15 is 0 Å². The van der Waals surface area contributed by atoms with E-state index < -0.39 is 0 Å². The number of aromatic nitrogens is 2. The number of rotatable bonds is 4. The summed E-state index contributed by atoms with van der Waals surface area (Å²) in [7, 11) is 1.82. The van der Waals surface area contributed by atoms with Gasteiger partial charge in [0, 0.05) is 32.0 Å². The molecule has 0 radical (unpaired) electrons. The molecule has 23 heavy (non-hydrogen) atoms. The van der Waals surface area contributed by atoms with Gasteiger partial charge in [-0.2, -0.15) is 5.10 Å². The number of carbonyl (C=O) groups excluding carboxylic acids is 1. The zero-order valence-electron chi connectivity index (χ0n) is 13.5. The molecule has 0 aliphatic carbocycles. The van der Waals surface area contributed by atoms with E-state index in [-0.39, 0.29) is 5.78 Å². The Balaban J connectivity index is 1.67. The monoisotopic (exact) mass is 311 g/mol. The Morgan fingerprint density at radius 3 is 2.52 bits per heavy atom. The van der Waals surface area contributed by atoms with Crippen LogP contribution in [0.15, 0.2) is 36.5 Å². The summed E-state index contributed by atoms with van der Waals surface area (Å²) in [4.78, 5) is 14.5. The zero-order chi connectivity index (χ0) is 16.2. The Bertz CT molecular complexity index is 710. The van der Waals surface area contributed by atoms with Gasteiger partial charge in [0.15, 0.2) is 5.78 Å². The Kier molecular flexibility index (Phi) is 4.57. The first-order valence-corrected chi connectivity index (χ1v) is 7.79. The van der Waals surface area contributed by atoms with Crippen molar-refractivity contribution >= 4 is 17.5 Å². The first-order chi connectivity index (χ1) is 11.1. The van der Waals surface area contributed by atoms with Crippen molar-refractivity contribution in [3.8, 4) is 0 Å². The van der Waals surface area contributed by atoms with Crippen molar-refractivity contribution in [3.05, 3.63) is 53.4 Å². The highest BCUT2D eigenvalue weighted by molar-refractivity contribution is 6.07. The lowest BCUT2D eigenvalue weighted by Gasteiger charge is -2.28. The maximum atomic E-state index is 12.2. The molecule has 120 valence electrons. The summed E-state index contributed by atoms with van der Waals surface area (Å²) in [6.07, 6.45) is 5.20. The van der Waals surface area contributed by atoms with Crippen LogP contribution in [-0.2, 0) is 11.8 Å². The van der Waals surface area contributed by atoms with E-state index in [0.29, 0.717) is 5.56 Å². The third kappa shape index (κ3) is 3.68. The summed E-state index contributed by atoms with van der Waals surface area (Å²) in [6, 6.07) is 8.24. The number of hydrogen-bond donors (Lipinski definition) is 0. The number of anilines is 1. The average molecular weight is 311 g/mol. The van der Waals surface area contributed by atoms with Crippen molar-refractivity contribution < 1.29 is 9.53 Å². The smallest absolute Gasteiger partial charge is 0.189 e. The highest BCUT2D eigenvalue weighted by atomic mass is 16.5. The van der Waals surface area contributed by atoms with Gasteiger partial charge >= 0.3 is 0 Å². The van der Waals surface area contributed by atoms with Gasteiger partial charge in [-0.25, -0.2) is 0 Å². The zero-order valence-corrected chi connectivity index (χ0v) is 13.5. The van der Waals surface area contributed by atoms with Gasteiger partial charge in [0.05, 0.1) is 24.5 Å². The highest BCUT2D eigenvalue weighted by Gasteiger charge is 2.11. The van der Waals surface area contributed by atoms with Crippen LogP contribution in [0, 0.1) is 6.92 Å². The summed E-state index contributed by atoms with van der Waals surface area (Å²) in [5.41, 5.74) is 3.61. The Labute approximate surface area is 136 Å². The number of carbonyl (C=O) groups is 1. The van der Waals surface area contributed by atoms with Crippen LogP contribution in [0.1, 0.15) is 21.6 Å². The number of ketones is 1. The Morgan fingerprint density at radius 1 is 1.22 bits per heavy atom. The van der Waals surface area contributed by atoms with E-state index in [2.05, 4.69) is 22.1 Å². The lowest BCUT2D eigenvalue weighted by Crippen LogP contribution is -2.36. The standard InChI is InChI=1S/C18H21N3O2/c1-14-17(13-20(2)19-14)18(22)8-5-15-3-6-16(7-4-15)21-9-11-23-12-10-21/h3-8,13H,9-12H2,1-2H3/b8-5+. The molecule has 0 atom stereocenters. The van der Waals surface area contributed by atoms with Gasteiger partial charge < -0.3 is 9.64 Å². The Morgan fingerprint density at radius 2 is 1.91 bits per heavy atom. The van der Waals surface area contributed by atoms with E-state index in [1.54, 1.807) is 17.0 Å². The largest absolute Gasteiger partial charge is 0.378 e. The van der Waals surface area contributed by atoms with Crippen molar-refractivity contribution in [1.82, 2.24) is 9.78 Å². The van der Waals surface area contributed by atoms with Crippen molar-refractivity contribution in [2.45, 2.75) is 6.92 Å². The van der Waals surface area contributed by atoms with E-state index in [4.69, 9.17) is 4.74 Å². The van der Waals surface area contributed by atoms with Gasteiger partial charge in [0.2, 0.25) is 0 Å². The van der Waals surface area contributed by atoms with Crippen LogP contribution < -0.4 is 4.90 Å². The molecule has 0 N–H and O–H groups in total. The molecule has 5 nitrogen and oxygen atoms in total. The summed E-state index contributed by atoms with van der Waals surface area (Å²) < 4.78 is 7.03. The van der Waals surface area contributed by atoms with Crippen LogP contribution in [0.4, 0.5) is 5.69 Å². The summed E-state index contributed by atoms with van der Waals surface area (Å²) in [5, 5.41) is 4.20. The van der Waals surface area contributed by atoms with Crippen LogP contribution >= 0.6 is 0 Å². The van der Waals surface area contributed by atoms with E-state index in [1.165, 1.54) is 5.69 Å². The predicted octanol–water partition coefficient (Wildman–Crippen LogP) is 2.46. The number of allylic oxidation sites excluding steroid dienone is 1. The summed E-state index contributed by atoms with van der Waals surface area (Å²) in [6.45, 7) is 5.25. The predicted molar refractivity (Wildman–Crippen MR) is 90.8 cm³/mol. The maximum absolute atomic E-state index is 12.2. The molecule has 0 unspecified atom stereocenters. The van der Waals surface area contributed by atoms with E-state index in [0.717, 1.165) is 37.6 Å². The number of aryl methyl sites for hydroxylation is 2. The lowest BCUT2D eigenvalue weighted by molar-refractivity contribution is 0.104. The maximum Gasteiger partial charge on any atom is 0.189 e. The quantitative estimate of drug-likeness (QED) is 0.643. The molecule has 0 saturated carbocycles. The summed E-state index contributed by atoms with van der Waals surface area (Å²) >= 11 is 0. The third-order valence-corrected chi connectivity index (χ3v) is 3.98. The number of nitrogens with zero attached hydrogens (tertiary/aromatic N) is 3. The Hall–Kier alpha value is -2.40. The van der Waals surface area contributed by atoms with Gasteiger partial charge in [-0.05, 0) is 30.7 Å². The molecule has 0 bridgehead atoms. The highest BCUT2D eigenvalue weighted by Crippen LogP contribution is 2.17. The first-order valence-electron chi connectivity index (χ1n) is 7.79. The van der Waals surface area contributed by atoms with Gasteiger partial charge in [-0.1, -0.05) is 18.2 Å². The molecule has 1 aromatic heterocycles. The molecule has 1 saturated heterocycles. The molecule has 1 fully saturated rings. The van der Waals surface area contributed by atoms with E-state index in [9.17, 15) is 4.79 Å². The molecular formula is C18H21N3O2. The van der Waals surface area contributed by atoms with Gasteiger partial charge in [0.1, 0.15) is 0 Å². The number of morpholine rings is 1. The van der Waals surface area contributed by atoms with Crippen LogP contribution in [0.2, 0.25) is 0 Å². The molecule has 2 aromatic rings. The van der Waals surface area contributed by atoms with E-state index in [1.807, 2.05) is 32.2 Å². The van der Waals surface area contributed by atoms with Crippen molar-refractivity contribution in [2.24, 2.45) is 7.05 Å². The second-order valence-corrected chi connectivity index (χ2v) is 5.69. The average Bonchev–Trinajstić information content (AvgIpc) is 2.92. The molecule has 1 aliphatic rings. The third-order valence-electron chi connectivity index (χ3n) is 3.98. The van der Waals surface area contributed by atoms with Crippen LogP contribution in [0.3, 0.4) is 0 Å². The molecule has 0 amide bonds. The molecule has 0 spiro atoms. The van der Waals surface area contributed by atoms with Crippen molar-refractivity contribution in [1.29, 1.82) is 0 Å². The molecule has 1 aliphatic heterocycles. The fraction of sp³-hybridized carbons (Fsp3) is 0.333. The van der Waals surface area contributed by atoms with Crippen LogP contribution in [0.25, 0.3) is 6.08 Å². The second kappa shape index (κ2) is 6.79. The minimum atomic E-state index is -0.0205. The number of hydrogen-bond acceptors (Lipinski definition) is 4. The van der Waals surface area contributed by atoms with Gasteiger partial charge in [-0.15, -0.1) is 0 Å². The fourth-order valence-electron chi connectivity index (χ4n) is 2.72. The van der Waals surface area contributed by atoms with Crippen LogP contribution in [0.5, 0.6) is 0 Å². The fourth-order valence-corrected chi connectivity index (χ4v) is 2.72. The van der Waals surface area contributed by atoms with Crippen molar-refractivity contribution in [2.75, 3.05) is 31.2 Å². The van der Waals surface area contributed by atoms with Crippen molar-refractivity contribution in [3.63, 3.8) is 0 Å². The first kappa shape index (κ1) is 15.5. The lowest BCUT2D eigenvalue weighted by atomic mass is 10.1. The molecule has 2 heterocycles. The van der Waals surface area contributed by atoms with Gasteiger partial charge in [0.25, 0.3) is 0 Å². The molecule has 3 rings (SSSR count). The topological polar surface area (TPSA) is 47.4 Å². The minimum absolute atomic E-state index is 0.0205. The normalized spacial score (nSPS) is 15.3. The SMILES string of the molecule is Cc1nn(C)cc1C(=O)/C=C/c1ccc(N2CCOCC2)cc1. The van der Waals surface area contributed by atoms with Crippen LogP contribution in [-0.4, -0.2) is 41.9 Å². The minimum Gasteiger partial charge on any atom is -0.378 e. The number of benzene rings is 1. The molecular weight excluding hydrogens is 290 g/mol. The molecule has 5 heteroatoms. The number of ether oxygens (including phenoxy) is 1. The molecule has 1 aromatic carbocycles. The van der Waals surface area contributed by atoms with Gasteiger partial charge in [-0.3, -0.25) is 9.48 Å². The summed E-state index contributed by atoms with van der Waals surface area (Å²) in [5.74, 6) is -0.0205. The second-order valence-electron chi connectivity index (χ2n) is 5.69.